The van der Waals surface area contributed by atoms with E-state index in [-0.39, 0.29) is 11.4 Å². The lowest BCUT2D eigenvalue weighted by molar-refractivity contribution is -0.385. The molecule has 0 aliphatic carbocycles. The molecule has 0 saturated heterocycles. The summed E-state index contributed by atoms with van der Waals surface area (Å²) in [5.41, 5.74) is 4.24. The predicted molar refractivity (Wildman–Crippen MR) is 115 cm³/mol. The molecule has 0 bridgehead atoms. The summed E-state index contributed by atoms with van der Waals surface area (Å²) in [7, 11) is 0. The van der Waals surface area contributed by atoms with E-state index in [9.17, 15) is 14.9 Å². The molecule has 4 rings (SSSR count). The zero-order valence-corrected chi connectivity index (χ0v) is 17.0. The molecule has 0 unspecified atom stereocenters. The summed E-state index contributed by atoms with van der Waals surface area (Å²) >= 11 is 3.36. The molecule has 2 N–H and O–H groups in total. The fraction of sp³-hybridized carbons (Fsp3) is 0.0500. The number of carbonyl (C=O) groups is 1. The highest BCUT2D eigenvalue weighted by molar-refractivity contribution is 9.10. The summed E-state index contributed by atoms with van der Waals surface area (Å²) < 4.78 is 2.28. The van der Waals surface area contributed by atoms with E-state index in [1.165, 1.54) is 17.1 Å². The molecule has 0 fully saturated rings. The standard InChI is InChI=1S/C20H15BrN6O3/c21-15-7-5-13(6-8-15)11-26-12-18(27(29)30)19(25-26)20(28)24-23-10-14-9-22-17-4-2-1-3-16(14)17/h1-10,12,22H,11H2,(H,24,28). The summed E-state index contributed by atoms with van der Waals surface area (Å²) in [6, 6.07) is 15.1. The Kier molecular flexibility index (Phi) is 5.40. The Bertz CT molecular complexity index is 1260. The molecule has 0 aliphatic heterocycles. The van der Waals surface area contributed by atoms with Gasteiger partial charge in [0.25, 0.3) is 5.91 Å². The summed E-state index contributed by atoms with van der Waals surface area (Å²) in [5.74, 6) is -0.757. The lowest BCUT2D eigenvalue weighted by Crippen LogP contribution is -2.19. The minimum Gasteiger partial charge on any atom is -0.361 e. The number of halogens is 1. The number of hydrogen-bond acceptors (Lipinski definition) is 5. The van der Waals surface area contributed by atoms with Crippen LogP contribution in [0.25, 0.3) is 10.9 Å². The molecule has 0 spiro atoms. The predicted octanol–water partition coefficient (Wildman–Crippen LogP) is 3.85. The molecular formula is C20H15BrN6O3. The molecule has 0 aliphatic rings. The molecule has 2 heterocycles. The van der Waals surface area contributed by atoms with Crippen molar-refractivity contribution in [1.29, 1.82) is 0 Å². The third-order valence-electron chi connectivity index (χ3n) is 4.40. The normalized spacial score (nSPS) is 11.2. The van der Waals surface area contributed by atoms with Crippen LogP contribution in [0.1, 0.15) is 21.6 Å². The smallest absolute Gasteiger partial charge is 0.320 e. The van der Waals surface area contributed by atoms with Crippen molar-refractivity contribution in [3.63, 3.8) is 0 Å². The molecule has 2 aromatic heterocycles. The molecule has 1 amide bonds. The van der Waals surface area contributed by atoms with Crippen molar-refractivity contribution >= 4 is 44.6 Å². The van der Waals surface area contributed by atoms with Gasteiger partial charge in [-0.25, -0.2) is 5.43 Å². The average molecular weight is 467 g/mol. The maximum absolute atomic E-state index is 12.5. The number of para-hydroxylation sites is 1. The van der Waals surface area contributed by atoms with Crippen molar-refractivity contribution in [3.8, 4) is 0 Å². The third kappa shape index (κ3) is 4.13. The van der Waals surface area contributed by atoms with E-state index in [1.54, 1.807) is 6.20 Å². The van der Waals surface area contributed by atoms with Crippen LogP contribution in [0.4, 0.5) is 5.69 Å². The first-order chi connectivity index (χ1) is 14.5. The fourth-order valence-electron chi connectivity index (χ4n) is 2.98. The van der Waals surface area contributed by atoms with Gasteiger partial charge < -0.3 is 4.98 Å². The van der Waals surface area contributed by atoms with E-state index >= 15 is 0 Å². The summed E-state index contributed by atoms with van der Waals surface area (Å²) in [6.07, 6.45) is 4.47. The van der Waals surface area contributed by atoms with Crippen molar-refractivity contribution < 1.29 is 9.72 Å². The maximum Gasteiger partial charge on any atom is 0.320 e. The van der Waals surface area contributed by atoms with Gasteiger partial charge in [-0.15, -0.1) is 0 Å². The number of nitro groups is 1. The highest BCUT2D eigenvalue weighted by Gasteiger charge is 2.25. The van der Waals surface area contributed by atoms with Crippen LogP contribution in [-0.4, -0.2) is 31.8 Å². The van der Waals surface area contributed by atoms with Gasteiger partial charge in [-0.1, -0.05) is 46.3 Å². The average Bonchev–Trinajstić information content (AvgIpc) is 3.34. The Morgan fingerprint density at radius 1 is 1.27 bits per heavy atom. The number of carbonyl (C=O) groups excluding carboxylic acids is 1. The van der Waals surface area contributed by atoms with Gasteiger partial charge in [-0.3, -0.25) is 19.6 Å². The number of aromatic nitrogens is 3. The number of amides is 1. The minimum atomic E-state index is -0.757. The zero-order valence-electron chi connectivity index (χ0n) is 15.4. The molecule has 4 aromatic rings. The van der Waals surface area contributed by atoms with Crippen LogP contribution in [-0.2, 0) is 6.54 Å². The Labute approximate surface area is 178 Å². The Balaban J connectivity index is 1.51. The van der Waals surface area contributed by atoms with Crippen molar-refractivity contribution in [2.24, 2.45) is 5.10 Å². The number of nitrogens with one attached hydrogen (secondary N) is 2. The van der Waals surface area contributed by atoms with Crippen LogP contribution >= 0.6 is 15.9 Å². The quantitative estimate of drug-likeness (QED) is 0.254. The number of H-pyrrole nitrogens is 1. The summed E-state index contributed by atoms with van der Waals surface area (Å²) in [6.45, 7) is 0.292. The first-order valence-electron chi connectivity index (χ1n) is 8.87. The number of rotatable bonds is 6. The highest BCUT2D eigenvalue weighted by atomic mass is 79.9. The van der Waals surface area contributed by atoms with Gasteiger partial charge in [0.1, 0.15) is 6.20 Å². The van der Waals surface area contributed by atoms with Crippen LogP contribution in [0.3, 0.4) is 0 Å². The number of aromatic amines is 1. The van der Waals surface area contributed by atoms with E-state index in [2.05, 4.69) is 36.5 Å². The van der Waals surface area contributed by atoms with Crippen LogP contribution in [0, 0.1) is 10.1 Å². The first-order valence-corrected chi connectivity index (χ1v) is 9.66. The number of hydrazone groups is 1. The molecule has 0 radical (unpaired) electrons. The van der Waals surface area contributed by atoms with E-state index in [1.807, 2.05) is 48.5 Å². The second-order valence-corrected chi connectivity index (χ2v) is 7.35. The number of benzene rings is 2. The first kappa shape index (κ1) is 19.5. The Hall–Kier alpha value is -3.79. The number of hydrogen-bond donors (Lipinski definition) is 2. The van der Waals surface area contributed by atoms with Gasteiger partial charge in [-0.2, -0.15) is 10.2 Å². The van der Waals surface area contributed by atoms with Crippen molar-refractivity contribution in [3.05, 3.63) is 92.3 Å². The molecule has 0 atom stereocenters. The molecule has 2 aromatic carbocycles. The molecular weight excluding hydrogens is 452 g/mol. The third-order valence-corrected chi connectivity index (χ3v) is 4.93. The van der Waals surface area contributed by atoms with Crippen LogP contribution in [0.2, 0.25) is 0 Å². The van der Waals surface area contributed by atoms with E-state index in [0.717, 1.165) is 26.5 Å². The van der Waals surface area contributed by atoms with Crippen molar-refractivity contribution in [2.45, 2.75) is 6.54 Å². The van der Waals surface area contributed by atoms with Gasteiger partial charge in [0.2, 0.25) is 5.69 Å². The Morgan fingerprint density at radius 3 is 2.80 bits per heavy atom. The minimum absolute atomic E-state index is 0.292. The van der Waals surface area contributed by atoms with Crippen molar-refractivity contribution in [2.75, 3.05) is 0 Å². The lowest BCUT2D eigenvalue weighted by Gasteiger charge is -2.01. The van der Waals surface area contributed by atoms with Gasteiger partial charge in [0.05, 0.1) is 17.7 Å². The van der Waals surface area contributed by atoms with E-state index < -0.39 is 10.8 Å². The second-order valence-electron chi connectivity index (χ2n) is 6.43. The maximum atomic E-state index is 12.5. The molecule has 9 nitrogen and oxygen atoms in total. The number of nitrogens with zero attached hydrogens (tertiary/aromatic N) is 4. The largest absolute Gasteiger partial charge is 0.361 e. The van der Waals surface area contributed by atoms with E-state index in [4.69, 9.17) is 0 Å². The second kappa shape index (κ2) is 8.29. The van der Waals surface area contributed by atoms with Crippen LogP contribution in [0.5, 0.6) is 0 Å². The fourth-order valence-corrected chi connectivity index (χ4v) is 3.24. The van der Waals surface area contributed by atoms with Gasteiger partial charge in [0.15, 0.2) is 0 Å². The SMILES string of the molecule is O=C(NN=Cc1c[nH]c2ccccc12)c1nn(Cc2ccc(Br)cc2)cc1[N+](=O)[O-]. The topological polar surface area (TPSA) is 118 Å². The lowest BCUT2D eigenvalue weighted by atomic mass is 10.2. The molecule has 0 saturated carbocycles. The van der Waals surface area contributed by atoms with Crippen LogP contribution in [0.15, 0.2) is 70.5 Å². The highest BCUT2D eigenvalue weighted by Crippen LogP contribution is 2.19. The van der Waals surface area contributed by atoms with Crippen LogP contribution < -0.4 is 5.43 Å². The zero-order chi connectivity index (χ0) is 21.1. The molecule has 30 heavy (non-hydrogen) atoms. The Morgan fingerprint density at radius 2 is 2.03 bits per heavy atom. The monoisotopic (exact) mass is 466 g/mol. The summed E-state index contributed by atoms with van der Waals surface area (Å²) in [4.78, 5) is 26.3. The van der Waals surface area contributed by atoms with Gasteiger partial charge in [-0.05, 0) is 23.8 Å². The van der Waals surface area contributed by atoms with Gasteiger partial charge in [0, 0.05) is 27.1 Å². The summed E-state index contributed by atoms with van der Waals surface area (Å²) in [5, 5.41) is 20.3. The number of fused-ring (bicyclic) bond motifs is 1. The molecule has 150 valence electrons. The van der Waals surface area contributed by atoms with Crippen molar-refractivity contribution in [1.82, 2.24) is 20.2 Å². The van der Waals surface area contributed by atoms with Gasteiger partial charge >= 0.3 is 5.69 Å². The molecule has 10 heteroatoms. The van der Waals surface area contributed by atoms with E-state index in [0.29, 0.717) is 6.54 Å².